The summed E-state index contributed by atoms with van der Waals surface area (Å²) in [5.41, 5.74) is 0.277. The van der Waals surface area contributed by atoms with Crippen LogP contribution in [0.3, 0.4) is 0 Å². The molecule has 0 saturated carbocycles. The van der Waals surface area contributed by atoms with Gasteiger partial charge < -0.3 is 10.6 Å². The summed E-state index contributed by atoms with van der Waals surface area (Å²) in [4.78, 5) is 24.2. The van der Waals surface area contributed by atoms with E-state index in [0.717, 1.165) is 0 Å². The van der Waals surface area contributed by atoms with Crippen molar-refractivity contribution in [2.75, 3.05) is 30.7 Å². The third kappa shape index (κ3) is 6.20. The number of hydrogen-bond donors (Lipinski definition) is 2. The number of sulfonamides is 1. The van der Waals surface area contributed by atoms with E-state index in [2.05, 4.69) is 5.32 Å². The molecule has 1 aromatic rings. The molecule has 1 aromatic carbocycles. The van der Waals surface area contributed by atoms with Crippen LogP contribution in [-0.2, 0) is 14.8 Å². The average molecular weight is 421 g/mol. The largest absolute Gasteiger partial charge is 0.405 e. The van der Waals surface area contributed by atoms with Gasteiger partial charge in [-0.25, -0.2) is 12.7 Å². The predicted molar refractivity (Wildman–Crippen MR) is 97.2 cm³/mol. The van der Waals surface area contributed by atoms with Crippen LogP contribution < -0.4 is 10.6 Å². The van der Waals surface area contributed by atoms with Crippen molar-refractivity contribution in [1.29, 1.82) is 0 Å². The van der Waals surface area contributed by atoms with Crippen LogP contribution in [-0.4, -0.2) is 56.1 Å². The molecule has 0 radical (unpaired) electrons. The van der Waals surface area contributed by atoms with E-state index in [4.69, 9.17) is 0 Å². The maximum absolute atomic E-state index is 12.4. The molecule has 28 heavy (non-hydrogen) atoms. The van der Waals surface area contributed by atoms with Gasteiger partial charge in [0.05, 0.1) is 5.75 Å². The van der Waals surface area contributed by atoms with E-state index in [1.807, 2.05) is 0 Å². The molecule has 1 heterocycles. The summed E-state index contributed by atoms with van der Waals surface area (Å²) in [6.07, 6.45) is -3.77. The van der Waals surface area contributed by atoms with E-state index >= 15 is 0 Å². The van der Waals surface area contributed by atoms with Crippen LogP contribution in [0.1, 0.15) is 30.1 Å². The van der Waals surface area contributed by atoms with Gasteiger partial charge in [0.15, 0.2) is 0 Å². The lowest BCUT2D eigenvalue weighted by Crippen LogP contribution is -2.42. The molecule has 0 atom stereocenters. The first-order valence-electron chi connectivity index (χ1n) is 8.75. The fourth-order valence-corrected chi connectivity index (χ4v) is 3.98. The minimum Gasteiger partial charge on any atom is -0.343 e. The minimum absolute atomic E-state index is 0.00700. The van der Waals surface area contributed by atoms with Gasteiger partial charge in [0.25, 0.3) is 5.91 Å². The van der Waals surface area contributed by atoms with Crippen molar-refractivity contribution in [3.63, 3.8) is 0 Å². The summed E-state index contributed by atoms with van der Waals surface area (Å²) in [5.74, 6) is -1.59. The number of rotatable bonds is 6. The quantitative estimate of drug-likeness (QED) is 0.734. The highest BCUT2D eigenvalue weighted by Crippen LogP contribution is 2.22. The average Bonchev–Trinajstić information content (AvgIpc) is 2.65. The molecule has 0 aromatic heterocycles. The van der Waals surface area contributed by atoms with Gasteiger partial charge in [-0.15, -0.1) is 0 Å². The third-order valence-corrected chi connectivity index (χ3v) is 6.31. The van der Waals surface area contributed by atoms with Crippen LogP contribution in [0.2, 0.25) is 0 Å². The number of benzene rings is 1. The molecule has 0 bridgehead atoms. The van der Waals surface area contributed by atoms with Gasteiger partial charge in [0.2, 0.25) is 15.9 Å². The molecular formula is C17H22F3N3O4S. The Morgan fingerprint density at radius 3 is 2.43 bits per heavy atom. The molecule has 1 aliphatic rings. The molecule has 0 aliphatic carbocycles. The normalized spacial score (nSPS) is 16.6. The van der Waals surface area contributed by atoms with E-state index in [1.165, 1.54) is 28.6 Å². The Bertz CT molecular complexity index is 819. The van der Waals surface area contributed by atoms with E-state index in [1.54, 1.807) is 12.2 Å². The Labute approximate surface area is 161 Å². The van der Waals surface area contributed by atoms with Crippen LogP contribution in [0, 0.1) is 5.92 Å². The highest BCUT2D eigenvalue weighted by molar-refractivity contribution is 7.89. The molecule has 156 valence electrons. The fourth-order valence-electron chi connectivity index (χ4n) is 2.84. The Morgan fingerprint density at radius 1 is 1.21 bits per heavy atom. The molecule has 0 unspecified atom stereocenters. The second-order valence-corrected chi connectivity index (χ2v) is 8.70. The van der Waals surface area contributed by atoms with Crippen molar-refractivity contribution in [2.45, 2.75) is 25.9 Å². The number of hydrogen-bond acceptors (Lipinski definition) is 4. The van der Waals surface area contributed by atoms with Crippen molar-refractivity contribution >= 4 is 27.5 Å². The number of amides is 2. The van der Waals surface area contributed by atoms with E-state index < -0.39 is 28.7 Å². The lowest BCUT2D eigenvalue weighted by atomic mass is 9.97. The number of carbonyl (C=O) groups excluding carboxylic acids is 2. The van der Waals surface area contributed by atoms with Gasteiger partial charge in [-0.3, -0.25) is 9.59 Å². The van der Waals surface area contributed by atoms with Crippen LogP contribution in [0.25, 0.3) is 0 Å². The number of anilines is 1. The molecule has 2 amide bonds. The molecule has 1 aliphatic heterocycles. The van der Waals surface area contributed by atoms with E-state index in [-0.39, 0.29) is 41.9 Å². The summed E-state index contributed by atoms with van der Waals surface area (Å²) >= 11 is 0. The highest BCUT2D eigenvalue weighted by atomic mass is 32.2. The number of alkyl halides is 3. The standard InChI is InChI=1S/C17H22F3N3O4S/c1-2-28(26,27)23-8-6-12(7-9-23)16(25)22-14-5-3-4-13(10-14)15(24)21-11-17(18,19)20/h3-5,10,12H,2,6-9,11H2,1H3,(H,21,24)(H,22,25). The Balaban J connectivity index is 1.93. The second-order valence-electron chi connectivity index (χ2n) is 6.44. The monoisotopic (exact) mass is 421 g/mol. The summed E-state index contributed by atoms with van der Waals surface area (Å²) in [5, 5.41) is 4.41. The van der Waals surface area contributed by atoms with E-state index in [9.17, 15) is 31.2 Å². The first-order chi connectivity index (χ1) is 13.0. The topological polar surface area (TPSA) is 95.6 Å². The molecular weight excluding hydrogens is 399 g/mol. The van der Waals surface area contributed by atoms with Gasteiger partial charge in [-0.1, -0.05) is 6.07 Å². The zero-order chi connectivity index (χ0) is 20.9. The number of piperidine rings is 1. The molecule has 7 nitrogen and oxygen atoms in total. The van der Waals surface area contributed by atoms with Gasteiger partial charge in [-0.2, -0.15) is 13.2 Å². The lowest BCUT2D eigenvalue weighted by molar-refractivity contribution is -0.123. The van der Waals surface area contributed by atoms with Crippen molar-refractivity contribution in [1.82, 2.24) is 9.62 Å². The molecule has 2 rings (SSSR count). The highest BCUT2D eigenvalue weighted by Gasteiger charge is 2.30. The van der Waals surface area contributed by atoms with Crippen molar-refractivity contribution in [3.8, 4) is 0 Å². The predicted octanol–water partition coefficient (Wildman–Crippen LogP) is 1.98. The minimum atomic E-state index is -4.51. The zero-order valence-corrected chi connectivity index (χ0v) is 16.1. The summed E-state index contributed by atoms with van der Waals surface area (Å²) in [6.45, 7) is 0.635. The number of carbonyl (C=O) groups is 2. The Morgan fingerprint density at radius 2 is 1.86 bits per heavy atom. The van der Waals surface area contributed by atoms with Crippen LogP contribution >= 0.6 is 0 Å². The number of nitrogens with one attached hydrogen (secondary N) is 2. The summed E-state index contributed by atoms with van der Waals surface area (Å²) in [7, 11) is -3.28. The van der Waals surface area contributed by atoms with Gasteiger partial charge in [0, 0.05) is 30.3 Å². The zero-order valence-electron chi connectivity index (χ0n) is 15.3. The van der Waals surface area contributed by atoms with Crippen molar-refractivity contribution in [2.24, 2.45) is 5.92 Å². The molecule has 2 N–H and O–H groups in total. The Kier molecular flexibility index (Phi) is 7.05. The molecule has 11 heteroatoms. The van der Waals surface area contributed by atoms with Crippen LogP contribution in [0.15, 0.2) is 24.3 Å². The van der Waals surface area contributed by atoms with Crippen molar-refractivity contribution in [3.05, 3.63) is 29.8 Å². The Hall–Kier alpha value is -2.14. The van der Waals surface area contributed by atoms with Gasteiger partial charge in [-0.05, 0) is 38.0 Å². The maximum Gasteiger partial charge on any atom is 0.405 e. The molecule has 1 saturated heterocycles. The van der Waals surface area contributed by atoms with Crippen LogP contribution in [0.4, 0.5) is 18.9 Å². The van der Waals surface area contributed by atoms with Crippen molar-refractivity contribution < 1.29 is 31.2 Å². The molecule has 1 fully saturated rings. The molecule has 0 spiro atoms. The first kappa shape index (κ1) is 22.2. The first-order valence-corrected chi connectivity index (χ1v) is 10.4. The van der Waals surface area contributed by atoms with Gasteiger partial charge in [0.1, 0.15) is 6.54 Å². The van der Waals surface area contributed by atoms with Gasteiger partial charge >= 0.3 is 6.18 Å². The van der Waals surface area contributed by atoms with E-state index in [0.29, 0.717) is 12.8 Å². The summed E-state index contributed by atoms with van der Waals surface area (Å²) in [6, 6.07) is 5.61. The number of nitrogens with zero attached hydrogens (tertiary/aromatic N) is 1. The second kappa shape index (κ2) is 8.91. The summed E-state index contributed by atoms with van der Waals surface area (Å²) < 4.78 is 61.7. The maximum atomic E-state index is 12.4. The fraction of sp³-hybridized carbons (Fsp3) is 0.529. The smallest absolute Gasteiger partial charge is 0.343 e. The number of halogens is 3. The SMILES string of the molecule is CCS(=O)(=O)N1CCC(C(=O)Nc2cccc(C(=O)NCC(F)(F)F)c2)CC1. The third-order valence-electron chi connectivity index (χ3n) is 4.42. The van der Waals surface area contributed by atoms with Crippen LogP contribution in [0.5, 0.6) is 0 Å². The lowest BCUT2D eigenvalue weighted by Gasteiger charge is -2.30.